The van der Waals surface area contributed by atoms with Crippen LogP contribution in [0.25, 0.3) is 0 Å². The van der Waals surface area contributed by atoms with Gasteiger partial charge >= 0.3 is 25.3 Å². The molecule has 0 aliphatic heterocycles. The molecule has 4 heteroatoms. The van der Waals surface area contributed by atoms with Gasteiger partial charge in [-0.3, -0.25) is 0 Å². The summed E-state index contributed by atoms with van der Waals surface area (Å²) in [4.78, 5) is 0. The molecule has 0 atom stereocenters. The Kier molecular flexibility index (Phi) is 10.1. The molecule has 0 saturated heterocycles. The van der Waals surface area contributed by atoms with Crippen LogP contribution in [0, 0.1) is 12.5 Å². The first kappa shape index (κ1) is 20.3. The normalized spacial score (nSPS) is 15.8. The molecule has 1 rings (SSSR count). The van der Waals surface area contributed by atoms with E-state index in [9.17, 15) is 0 Å². The second-order valence-corrected chi connectivity index (χ2v) is 11.4. The zero-order valence-corrected chi connectivity index (χ0v) is 16.9. The standard InChI is InChI=1S/C10H15.C4H11Si.2O.W/c1-6-7(2)9(4)10(5)8(6)3;1-5(2,3)4;;;/h1-5H3;1H2,2-4H3;;;/q;-1;;;. The second kappa shape index (κ2) is 8.98. The molecular formula is C14H26O2SiW-. The molecule has 1 radical (unpaired) electrons. The van der Waals surface area contributed by atoms with E-state index in [1.54, 1.807) is 0 Å². The van der Waals surface area contributed by atoms with Crippen LogP contribution in [0.1, 0.15) is 34.6 Å². The van der Waals surface area contributed by atoms with Gasteiger partial charge in [-0.05, 0) is 38.8 Å². The Balaban J connectivity index is 0. The summed E-state index contributed by atoms with van der Waals surface area (Å²) in [5.41, 5.74) is 5.87. The quantitative estimate of drug-likeness (QED) is 0.405. The van der Waals surface area contributed by atoms with E-state index < -0.39 is 26.6 Å². The van der Waals surface area contributed by atoms with Crippen molar-refractivity contribution < 1.29 is 25.3 Å². The molecule has 0 spiro atoms. The van der Waals surface area contributed by atoms with E-state index in [-0.39, 0.29) is 0 Å². The number of hydrogen-bond acceptors (Lipinski definition) is 2. The van der Waals surface area contributed by atoms with Crippen LogP contribution in [0.5, 0.6) is 0 Å². The second-order valence-electron chi connectivity index (χ2n) is 5.75. The van der Waals surface area contributed by atoms with Gasteiger partial charge in [-0.25, -0.2) is 0 Å². The van der Waals surface area contributed by atoms with Crippen LogP contribution >= 0.6 is 0 Å². The topological polar surface area (TPSA) is 34.1 Å². The third kappa shape index (κ3) is 8.99. The summed E-state index contributed by atoms with van der Waals surface area (Å²) in [6.07, 6.45) is 0. The van der Waals surface area contributed by atoms with Crippen LogP contribution in [0.2, 0.25) is 19.6 Å². The van der Waals surface area contributed by atoms with Crippen LogP contribution in [-0.2, 0) is 25.3 Å². The van der Waals surface area contributed by atoms with Gasteiger partial charge in [0.15, 0.2) is 0 Å². The molecule has 2 nitrogen and oxygen atoms in total. The zero-order valence-electron chi connectivity index (χ0n) is 12.9. The first-order valence-electron chi connectivity index (χ1n) is 5.94. The predicted octanol–water partition coefficient (Wildman–Crippen LogP) is 4.72. The van der Waals surface area contributed by atoms with Gasteiger partial charge in [0.05, 0.1) is 0 Å². The Morgan fingerprint density at radius 2 is 0.944 bits per heavy atom. The van der Waals surface area contributed by atoms with Gasteiger partial charge in [0.2, 0.25) is 0 Å². The minimum absolute atomic E-state index is 0.861. The van der Waals surface area contributed by atoms with E-state index in [0.717, 1.165) is 0 Å². The molecule has 0 fully saturated rings. The van der Waals surface area contributed by atoms with Gasteiger partial charge in [-0.15, -0.1) is 8.07 Å². The molecule has 105 valence electrons. The Bertz CT molecular complexity index is 340. The summed E-state index contributed by atoms with van der Waals surface area (Å²) in [5.74, 6) is 1.47. The van der Waals surface area contributed by atoms with Gasteiger partial charge in [-0.2, -0.15) is 0 Å². The SMILES string of the molecule is C[C]1C(C)=C(C)C(C)=C1C.[CH2-][Si](C)(C)C.[O]=[W]=[O]. The van der Waals surface area contributed by atoms with Crippen molar-refractivity contribution >= 4 is 8.07 Å². The van der Waals surface area contributed by atoms with Crippen molar-refractivity contribution in [1.82, 2.24) is 0 Å². The number of hydrogen-bond donors (Lipinski definition) is 0. The minimum atomic E-state index is -2.25. The van der Waals surface area contributed by atoms with Gasteiger partial charge in [-0.1, -0.05) is 37.7 Å². The summed E-state index contributed by atoms with van der Waals surface area (Å²) in [6, 6.07) is 0. The van der Waals surface area contributed by atoms with Crippen LogP contribution in [0.4, 0.5) is 0 Å². The third-order valence-corrected chi connectivity index (χ3v) is 2.81. The Morgan fingerprint density at radius 1 is 0.778 bits per heavy atom. The third-order valence-electron chi connectivity index (χ3n) is 2.81. The molecule has 1 aliphatic carbocycles. The summed E-state index contributed by atoms with van der Waals surface area (Å²) in [5, 5.41) is 0. The molecule has 0 unspecified atom stereocenters. The fourth-order valence-corrected chi connectivity index (χ4v) is 1.41. The van der Waals surface area contributed by atoms with Gasteiger partial charge in [0.25, 0.3) is 0 Å². The van der Waals surface area contributed by atoms with Crippen LogP contribution < -0.4 is 0 Å². The van der Waals surface area contributed by atoms with Gasteiger partial charge in [0.1, 0.15) is 0 Å². The molecule has 18 heavy (non-hydrogen) atoms. The van der Waals surface area contributed by atoms with Gasteiger partial charge < -0.3 is 6.55 Å². The summed E-state index contributed by atoms with van der Waals surface area (Å²) in [6.45, 7) is 21.6. The van der Waals surface area contributed by atoms with Crippen molar-refractivity contribution in [2.24, 2.45) is 0 Å². The van der Waals surface area contributed by atoms with Crippen molar-refractivity contribution in [2.75, 3.05) is 0 Å². The van der Waals surface area contributed by atoms with Crippen molar-refractivity contribution in [3.63, 3.8) is 0 Å². The fraction of sp³-hybridized carbons (Fsp3) is 0.571. The van der Waals surface area contributed by atoms with Crippen LogP contribution in [0.3, 0.4) is 0 Å². The van der Waals surface area contributed by atoms with E-state index in [1.807, 2.05) is 0 Å². The molecule has 0 aromatic carbocycles. The van der Waals surface area contributed by atoms with E-state index in [4.69, 9.17) is 6.80 Å². The molecular weight excluding hydrogens is 412 g/mol. The Labute approximate surface area is 122 Å². The zero-order chi connectivity index (χ0) is 15.1. The van der Waals surface area contributed by atoms with E-state index >= 15 is 0 Å². The molecule has 0 saturated carbocycles. The van der Waals surface area contributed by atoms with E-state index in [2.05, 4.69) is 60.8 Å². The van der Waals surface area contributed by atoms with Crippen molar-refractivity contribution in [3.05, 3.63) is 34.8 Å². The first-order valence-corrected chi connectivity index (χ1v) is 12.0. The maximum absolute atomic E-state index is 8.54. The molecule has 0 N–H and O–H groups in total. The number of allylic oxidation sites excluding steroid dienone is 4. The monoisotopic (exact) mass is 438 g/mol. The van der Waals surface area contributed by atoms with E-state index in [0.29, 0.717) is 0 Å². The van der Waals surface area contributed by atoms with Crippen molar-refractivity contribution in [3.8, 4) is 0 Å². The fourth-order valence-electron chi connectivity index (χ4n) is 1.41. The summed E-state index contributed by atoms with van der Waals surface area (Å²) >= 11 is -2.25. The van der Waals surface area contributed by atoms with E-state index in [1.165, 1.54) is 28.2 Å². The summed E-state index contributed by atoms with van der Waals surface area (Å²) in [7, 11) is -0.861. The Morgan fingerprint density at radius 3 is 1.00 bits per heavy atom. The molecule has 1 aliphatic rings. The molecule has 0 heterocycles. The van der Waals surface area contributed by atoms with Crippen molar-refractivity contribution in [1.29, 1.82) is 0 Å². The van der Waals surface area contributed by atoms with Gasteiger partial charge in [0, 0.05) is 5.92 Å². The molecule has 0 aromatic rings. The van der Waals surface area contributed by atoms with Crippen molar-refractivity contribution in [2.45, 2.75) is 54.3 Å². The average molecular weight is 438 g/mol. The van der Waals surface area contributed by atoms with Crippen LogP contribution in [-0.4, -0.2) is 8.07 Å². The summed E-state index contributed by atoms with van der Waals surface area (Å²) < 4.78 is 17.1. The molecule has 0 bridgehead atoms. The Hall–Kier alpha value is -0.0148. The predicted molar refractivity (Wildman–Crippen MR) is 75.7 cm³/mol. The maximum atomic E-state index is 8.54. The average Bonchev–Trinajstić information content (AvgIpc) is 2.35. The molecule has 0 amide bonds. The molecule has 0 aromatic heterocycles. The van der Waals surface area contributed by atoms with Crippen LogP contribution in [0.15, 0.2) is 22.3 Å². The first-order chi connectivity index (χ1) is 7.97. The number of rotatable bonds is 0.